The van der Waals surface area contributed by atoms with E-state index in [1.807, 2.05) is 6.92 Å². The minimum absolute atomic E-state index is 0.192. The molecular weight excluding hydrogens is 450 g/mol. The number of amides is 1. The number of anilines is 2. The molecule has 0 aliphatic rings. The highest BCUT2D eigenvalue weighted by atomic mass is 16.6. The lowest BCUT2D eigenvalue weighted by Crippen LogP contribution is -2.38. The highest BCUT2D eigenvalue weighted by molar-refractivity contribution is 5.75. The number of alkyl carbamates (subject to hydrolysis) is 1. The summed E-state index contributed by atoms with van der Waals surface area (Å²) in [7, 11) is 1.48. The van der Waals surface area contributed by atoms with E-state index in [1.54, 1.807) is 32.3 Å². The van der Waals surface area contributed by atoms with Gasteiger partial charge in [-0.25, -0.2) is 29.7 Å². The van der Waals surface area contributed by atoms with Crippen LogP contribution in [0, 0.1) is 0 Å². The van der Waals surface area contributed by atoms with Gasteiger partial charge in [-0.1, -0.05) is 20.8 Å². The van der Waals surface area contributed by atoms with Gasteiger partial charge < -0.3 is 30.8 Å². The minimum Gasteiger partial charge on any atom is -0.478 e. The van der Waals surface area contributed by atoms with Crippen LogP contribution in [-0.4, -0.2) is 61.8 Å². The first-order valence-corrected chi connectivity index (χ1v) is 11.3. The predicted octanol–water partition coefficient (Wildman–Crippen LogP) is 3.15. The molecule has 188 valence electrons. The summed E-state index contributed by atoms with van der Waals surface area (Å²) in [5.41, 5.74) is 7.92. The zero-order valence-electron chi connectivity index (χ0n) is 21.1. The molecule has 0 radical (unpaired) electrons. The highest BCUT2D eigenvalue weighted by Gasteiger charge is 2.24. The van der Waals surface area contributed by atoms with Crippen LogP contribution < -0.4 is 21.1 Å². The summed E-state index contributed by atoms with van der Waals surface area (Å²) in [6.07, 6.45) is 2.53. The molecule has 3 aromatic heterocycles. The molecule has 3 rings (SSSR count). The Morgan fingerprint density at radius 2 is 1.89 bits per heavy atom. The first-order valence-electron chi connectivity index (χ1n) is 11.3. The van der Waals surface area contributed by atoms with Gasteiger partial charge in [0.2, 0.25) is 5.95 Å². The first-order chi connectivity index (χ1) is 16.5. The molecule has 35 heavy (non-hydrogen) atoms. The van der Waals surface area contributed by atoms with Crippen LogP contribution in [0.5, 0.6) is 5.88 Å². The topological polar surface area (TPSA) is 166 Å². The monoisotopic (exact) mass is 483 g/mol. The van der Waals surface area contributed by atoms with Crippen molar-refractivity contribution in [2.45, 2.75) is 59.1 Å². The van der Waals surface area contributed by atoms with E-state index in [1.165, 1.54) is 7.11 Å². The van der Waals surface area contributed by atoms with Gasteiger partial charge in [0, 0.05) is 24.2 Å². The number of rotatable bonds is 8. The third kappa shape index (κ3) is 6.55. The van der Waals surface area contributed by atoms with Crippen molar-refractivity contribution in [3.8, 4) is 28.7 Å². The molecule has 12 heteroatoms. The fourth-order valence-corrected chi connectivity index (χ4v) is 3.07. The van der Waals surface area contributed by atoms with Gasteiger partial charge in [-0.3, -0.25) is 0 Å². The van der Waals surface area contributed by atoms with Crippen LogP contribution in [0.25, 0.3) is 22.8 Å². The maximum Gasteiger partial charge on any atom is 0.407 e. The lowest BCUT2D eigenvalue weighted by atomic mass is 9.96. The molecule has 0 saturated carbocycles. The van der Waals surface area contributed by atoms with E-state index in [-0.39, 0.29) is 29.3 Å². The molecular formula is C23H33N9O3. The molecule has 0 unspecified atom stereocenters. The van der Waals surface area contributed by atoms with Crippen molar-refractivity contribution in [3.05, 3.63) is 24.3 Å². The van der Waals surface area contributed by atoms with E-state index in [4.69, 9.17) is 20.2 Å². The molecule has 0 spiro atoms. The van der Waals surface area contributed by atoms with Crippen LogP contribution in [0.15, 0.2) is 18.5 Å². The number of hydrogen-bond donors (Lipinski definition) is 4. The normalized spacial score (nSPS) is 12.3. The lowest BCUT2D eigenvalue weighted by Gasteiger charge is -2.16. The van der Waals surface area contributed by atoms with Crippen molar-refractivity contribution < 1.29 is 14.3 Å². The maximum absolute atomic E-state index is 11.8. The Kier molecular flexibility index (Phi) is 7.72. The summed E-state index contributed by atoms with van der Waals surface area (Å²) in [6.45, 7) is 12.0. The van der Waals surface area contributed by atoms with Gasteiger partial charge in [0.25, 0.3) is 5.88 Å². The SMILES string of the molecule is COc1nc(-c2nc(C(C)(C)C)[nH]c2-c2ccnc(NC[C@H](C)NC(=O)OC(C)C)n2)cnc1N. The van der Waals surface area contributed by atoms with Gasteiger partial charge >= 0.3 is 6.09 Å². The van der Waals surface area contributed by atoms with Crippen molar-refractivity contribution in [3.63, 3.8) is 0 Å². The third-order valence-electron chi connectivity index (χ3n) is 4.80. The van der Waals surface area contributed by atoms with Gasteiger partial charge in [0.1, 0.15) is 17.2 Å². The number of ether oxygens (including phenoxy) is 2. The Bertz CT molecular complexity index is 1170. The summed E-state index contributed by atoms with van der Waals surface area (Å²) in [5, 5.41) is 5.90. The smallest absolute Gasteiger partial charge is 0.407 e. The second-order valence-corrected chi connectivity index (χ2v) is 9.35. The van der Waals surface area contributed by atoms with E-state index in [2.05, 4.69) is 56.3 Å². The standard InChI is InChI=1S/C23H33N9O3/c1-12(2)35-22(33)28-13(3)10-27-21-25-9-8-14(30-21)16-17(32-20(31-16)23(4,5)6)15-11-26-18(24)19(29-15)34-7/h8-9,11-13H,10H2,1-7H3,(H2,24,26)(H,28,33)(H,31,32)(H,25,27,30)/t13-/m0/s1. The number of aromatic nitrogens is 6. The number of carbonyl (C=O) groups is 1. The number of nitrogen functional groups attached to an aromatic ring is 1. The van der Waals surface area contributed by atoms with E-state index in [9.17, 15) is 4.79 Å². The number of imidazole rings is 1. The quantitative estimate of drug-likeness (QED) is 0.374. The third-order valence-corrected chi connectivity index (χ3v) is 4.80. The Balaban J connectivity index is 1.89. The van der Waals surface area contributed by atoms with Gasteiger partial charge in [-0.05, 0) is 26.8 Å². The number of carbonyl (C=O) groups excluding carboxylic acids is 1. The molecule has 5 N–H and O–H groups in total. The summed E-state index contributed by atoms with van der Waals surface area (Å²) in [4.78, 5) is 37.6. The van der Waals surface area contributed by atoms with Crippen molar-refractivity contribution in [2.24, 2.45) is 0 Å². The summed E-state index contributed by atoms with van der Waals surface area (Å²) < 4.78 is 10.3. The Morgan fingerprint density at radius 1 is 1.14 bits per heavy atom. The van der Waals surface area contributed by atoms with Crippen LogP contribution in [0.4, 0.5) is 16.6 Å². The molecule has 0 bridgehead atoms. The van der Waals surface area contributed by atoms with Crippen LogP contribution >= 0.6 is 0 Å². The molecule has 3 aromatic rings. The fraction of sp³-hybridized carbons (Fsp3) is 0.478. The van der Waals surface area contributed by atoms with Gasteiger partial charge in [-0.2, -0.15) is 0 Å². The Labute approximate surface area is 204 Å². The van der Waals surface area contributed by atoms with Gasteiger partial charge in [-0.15, -0.1) is 0 Å². The van der Waals surface area contributed by atoms with Gasteiger partial charge in [0.05, 0.1) is 30.8 Å². The zero-order chi connectivity index (χ0) is 25.8. The zero-order valence-corrected chi connectivity index (χ0v) is 21.1. The molecule has 0 fully saturated rings. The molecule has 12 nitrogen and oxygen atoms in total. The molecule has 0 aliphatic heterocycles. The van der Waals surface area contributed by atoms with Crippen LogP contribution in [0.2, 0.25) is 0 Å². The number of nitrogens with zero attached hydrogens (tertiary/aromatic N) is 5. The Hall–Kier alpha value is -3.96. The van der Waals surface area contributed by atoms with Gasteiger partial charge in [0.15, 0.2) is 5.82 Å². The molecule has 1 atom stereocenters. The van der Waals surface area contributed by atoms with E-state index in [0.717, 1.165) is 5.82 Å². The van der Waals surface area contributed by atoms with Crippen molar-refractivity contribution in [2.75, 3.05) is 24.7 Å². The molecule has 0 aromatic carbocycles. The summed E-state index contributed by atoms with van der Waals surface area (Å²) in [5.74, 6) is 1.57. The van der Waals surface area contributed by atoms with Crippen molar-refractivity contribution in [1.82, 2.24) is 35.2 Å². The number of nitrogens with one attached hydrogen (secondary N) is 3. The van der Waals surface area contributed by atoms with E-state index < -0.39 is 6.09 Å². The van der Waals surface area contributed by atoms with Crippen LogP contribution in [-0.2, 0) is 10.2 Å². The van der Waals surface area contributed by atoms with Crippen LogP contribution in [0.1, 0.15) is 47.4 Å². The average molecular weight is 484 g/mol. The van der Waals surface area contributed by atoms with Crippen molar-refractivity contribution >= 4 is 17.9 Å². The highest BCUT2D eigenvalue weighted by Crippen LogP contribution is 2.33. The molecule has 3 heterocycles. The number of nitrogens with two attached hydrogens (primary N) is 1. The average Bonchev–Trinajstić information content (AvgIpc) is 3.24. The van der Waals surface area contributed by atoms with E-state index >= 15 is 0 Å². The first kappa shape index (κ1) is 25.7. The Morgan fingerprint density at radius 3 is 2.54 bits per heavy atom. The minimum atomic E-state index is -0.471. The summed E-state index contributed by atoms with van der Waals surface area (Å²) in [6, 6.07) is 1.57. The number of aromatic amines is 1. The molecule has 0 saturated heterocycles. The predicted molar refractivity (Wildman–Crippen MR) is 133 cm³/mol. The number of methoxy groups -OCH3 is 1. The molecule has 0 aliphatic carbocycles. The second-order valence-electron chi connectivity index (χ2n) is 9.35. The largest absolute Gasteiger partial charge is 0.478 e. The van der Waals surface area contributed by atoms with Crippen molar-refractivity contribution in [1.29, 1.82) is 0 Å². The molecule has 1 amide bonds. The summed E-state index contributed by atoms with van der Waals surface area (Å²) >= 11 is 0. The van der Waals surface area contributed by atoms with Crippen LogP contribution in [0.3, 0.4) is 0 Å². The maximum atomic E-state index is 11.8. The fourth-order valence-electron chi connectivity index (χ4n) is 3.07. The number of hydrogen-bond acceptors (Lipinski definition) is 10. The van der Waals surface area contributed by atoms with E-state index in [0.29, 0.717) is 35.3 Å². The lowest BCUT2D eigenvalue weighted by molar-refractivity contribution is 0.113. The number of H-pyrrole nitrogens is 1. The second kappa shape index (κ2) is 10.5.